The minimum Gasteiger partial charge on any atom is -0.321 e. The van der Waals surface area contributed by atoms with E-state index in [0.29, 0.717) is 0 Å². The van der Waals surface area contributed by atoms with Crippen molar-refractivity contribution in [2.24, 2.45) is 5.73 Å². The number of hydrogen-bond donors (Lipinski definition) is 1. The van der Waals surface area contributed by atoms with E-state index in [2.05, 4.69) is 0 Å². The zero-order valence-electron chi connectivity index (χ0n) is 12.2. The number of nitrogens with two attached hydrogens (primary N) is 1. The van der Waals surface area contributed by atoms with Crippen molar-refractivity contribution < 1.29 is 4.21 Å². The summed E-state index contributed by atoms with van der Waals surface area (Å²) < 4.78 is 12.7. The van der Waals surface area contributed by atoms with E-state index >= 15 is 0 Å². The first kappa shape index (κ1) is 14.9. The molecule has 0 bridgehead atoms. The highest BCUT2D eigenvalue weighted by molar-refractivity contribution is 7.85. The third kappa shape index (κ3) is 3.00. The van der Waals surface area contributed by atoms with Crippen LogP contribution < -0.4 is 5.73 Å². The van der Waals surface area contributed by atoms with Crippen molar-refractivity contribution in [3.63, 3.8) is 0 Å². The Morgan fingerprint density at radius 1 is 1.05 bits per heavy atom. The lowest BCUT2D eigenvalue weighted by atomic mass is 9.90. The van der Waals surface area contributed by atoms with Crippen LogP contribution in [0.3, 0.4) is 0 Å². The zero-order chi connectivity index (χ0) is 14.8. The topological polar surface area (TPSA) is 43.1 Å². The van der Waals surface area contributed by atoms with E-state index in [1.165, 1.54) is 0 Å². The van der Waals surface area contributed by atoms with Crippen LogP contribution >= 0.6 is 0 Å². The molecule has 20 heavy (non-hydrogen) atoms. The lowest BCUT2D eigenvalue weighted by molar-refractivity contribution is 0.479. The normalized spacial score (nSPS) is 17.2. The molecule has 0 aliphatic carbocycles. The predicted molar refractivity (Wildman–Crippen MR) is 85.0 cm³/mol. The standard InChI is InChI=1S/C17H21NOS/c1-13-9-11-16(12-10-13)20(19)14(2)17(3,18)15-7-5-4-6-8-15/h4-12,14H,18H2,1-3H3/t14-,17+,20+/m0/s1. The van der Waals surface area contributed by atoms with Gasteiger partial charge in [-0.3, -0.25) is 4.21 Å². The van der Waals surface area contributed by atoms with Crippen molar-refractivity contribution in [2.75, 3.05) is 0 Å². The van der Waals surface area contributed by atoms with Crippen LogP contribution in [0, 0.1) is 6.92 Å². The predicted octanol–water partition coefficient (Wildman–Crippen LogP) is 3.37. The molecule has 0 unspecified atom stereocenters. The van der Waals surface area contributed by atoms with Crippen molar-refractivity contribution in [3.05, 3.63) is 65.7 Å². The first-order valence-electron chi connectivity index (χ1n) is 6.74. The van der Waals surface area contributed by atoms with E-state index in [9.17, 15) is 4.21 Å². The summed E-state index contributed by atoms with van der Waals surface area (Å²) in [6.45, 7) is 5.91. The summed E-state index contributed by atoms with van der Waals surface area (Å²) in [5.41, 5.74) is 8.00. The second kappa shape index (κ2) is 5.90. The van der Waals surface area contributed by atoms with Gasteiger partial charge in [0.2, 0.25) is 0 Å². The molecule has 0 aromatic heterocycles. The maximum atomic E-state index is 12.7. The average Bonchev–Trinajstić information content (AvgIpc) is 2.47. The van der Waals surface area contributed by atoms with Gasteiger partial charge in [-0.1, -0.05) is 48.0 Å². The molecule has 106 valence electrons. The summed E-state index contributed by atoms with van der Waals surface area (Å²) in [7, 11) is -1.13. The van der Waals surface area contributed by atoms with E-state index in [1.807, 2.05) is 75.4 Å². The third-order valence-electron chi connectivity index (χ3n) is 3.81. The van der Waals surface area contributed by atoms with Gasteiger partial charge < -0.3 is 5.73 Å². The molecular formula is C17H21NOS. The van der Waals surface area contributed by atoms with E-state index in [0.717, 1.165) is 16.0 Å². The highest BCUT2D eigenvalue weighted by Gasteiger charge is 2.33. The monoisotopic (exact) mass is 287 g/mol. The fourth-order valence-electron chi connectivity index (χ4n) is 2.13. The number of benzene rings is 2. The van der Waals surface area contributed by atoms with Gasteiger partial charge in [-0.15, -0.1) is 0 Å². The average molecular weight is 287 g/mol. The number of hydrogen-bond acceptors (Lipinski definition) is 2. The van der Waals surface area contributed by atoms with Crippen molar-refractivity contribution >= 4 is 10.8 Å². The maximum Gasteiger partial charge on any atom is 0.0585 e. The first-order valence-corrected chi connectivity index (χ1v) is 7.96. The van der Waals surface area contributed by atoms with Gasteiger partial charge in [-0.25, -0.2) is 0 Å². The molecule has 2 rings (SSSR count). The van der Waals surface area contributed by atoms with Crippen molar-refractivity contribution in [1.29, 1.82) is 0 Å². The molecule has 3 atom stereocenters. The van der Waals surface area contributed by atoms with Gasteiger partial charge in [-0.2, -0.15) is 0 Å². The molecular weight excluding hydrogens is 266 g/mol. The van der Waals surface area contributed by atoms with E-state index in [1.54, 1.807) is 0 Å². The third-order valence-corrected chi connectivity index (χ3v) is 5.68. The van der Waals surface area contributed by atoms with Crippen LogP contribution in [0.2, 0.25) is 0 Å². The van der Waals surface area contributed by atoms with Gasteiger partial charge >= 0.3 is 0 Å². The molecule has 0 amide bonds. The van der Waals surface area contributed by atoms with E-state index in [4.69, 9.17) is 5.73 Å². The summed E-state index contributed by atoms with van der Waals surface area (Å²) in [6.07, 6.45) is 0. The summed E-state index contributed by atoms with van der Waals surface area (Å²) >= 11 is 0. The quantitative estimate of drug-likeness (QED) is 0.937. The summed E-state index contributed by atoms with van der Waals surface area (Å²) in [5.74, 6) is 0. The Morgan fingerprint density at radius 3 is 2.15 bits per heavy atom. The van der Waals surface area contributed by atoms with Gasteiger partial charge in [0.25, 0.3) is 0 Å². The zero-order valence-corrected chi connectivity index (χ0v) is 13.0. The molecule has 2 aromatic rings. The van der Waals surface area contributed by atoms with Gasteiger partial charge in [-0.05, 0) is 38.5 Å². The molecule has 3 heteroatoms. The Bertz CT molecular complexity index is 590. The van der Waals surface area contributed by atoms with Crippen LogP contribution in [-0.4, -0.2) is 9.46 Å². The highest BCUT2D eigenvalue weighted by atomic mass is 32.2. The molecule has 0 saturated heterocycles. The Labute approximate surface area is 123 Å². The molecule has 0 heterocycles. The summed E-state index contributed by atoms with van der Waals surface area (Å²) in [5, 5.41) is -0.174. The number of rotatable bonds is 4. The van der Waals surface area contributed by atoms with Crippen LogP contribution in [0.25, 0.3) is 0 Å². The molecule has 0 aliphatic rings. The Kier molecular flexibility index (Phi) is 4.41. The molecule has 0 saturated carbocycles. The second-order valence-corrected chi connectivity index (χ2v) is 7.17. The first-order chi connectivity index (χ1) is 9.43. The minimum atomic E-state index is -1.13. The van der Waals surface area contributed by atoms with Crippen molar-refractivity contribution in [2.45, 2.75) is 36.5 Å². The summed E-state index contributed by atoms with van der Waals surface area (Å²) in [4.78, 5) is 0.829. The van der Waals surface area contributed by atoms with Crippen LogP contribution in [0.1, 0.15) is 25.0 Å². The minimum absolute atomic E-state index is 0.174. The molecule has 2 nitrogen and oxygen atoms in total. The van der Waals surface area contributed by atoms with Gasteiger partial charge in [0.15, 0.2) is 0 Å². The van der Waals surface area contributed by atoms with Crippen molar-refractivity contribution in [1.82, 2.24) is 0 Å². The summed E-state index contributed by atoms with van der Waals surface area (Å²) in [6, 6.07) is 17.7. The van der Waals surface area contributed by atoms with Gasteiger partial charge in [0, 0.05) is 4.90 Å². The number of aryl methyl sites for hydroxylation is 1. The molecule has 2 N–H and O–H groups in total. The van der Waals surface area contributed by atoms with Crippen LogP contribution in [0.5, 0.6) is 0 Å². The van der Waals surface area contributed by atoms with E-state index in [-0.39, 0.29) is 5.25 Å². The lowest BCUT2D eigenvalue weighted by Gasteiger charge is -2.31. The fraction of sp³-hybridized carbons (Fsp3) is 0.294. The maximum absolute atomic E-state index is 12.7. The Morgan fingerprint density at radius 2 is 1.60 bits per heavy atom. The van der Waals surface area contributed by atoms with Gasteiger partial charge in [0.05, 0.1) is 21.6 Å². The molecule has 0 aliphatic heterocycles. The molecule has 0 spiro atoms. The largest absolute Gasteiger partial charge is 0.321 e. The van der Waals surface area contributed by atoms with Crippen LogP contribution in [0.15, 0.2) is 59.5 Å². The van der Waals surface area contributed by atoms with Crippen LogP contribution in [-0.2, 0) is 16.3 Å². The van der Waals surface area contributed by atoms with Crippen LogP contribution in [0.4, 0.5) is 0 Å². The van der Waals surface area contributed by atoms with Gasteiger partial charge in [0.1, 0.15) is 0 Å². The lowest BCUT2D eigenvalue weighted by Crippen LogP contribution is -2.45. The molecule has 0 fully saturated rings. The van der Waals surface area contributed by atoms with E-state index < -0.39 is 16.3 Å². The molecule has 2 aromatic carbocycles. The second-order valence-electron chi connectivity index (χ2n) is 5.40. The smallest absolute Gasteiger partial charge is 0.0585 e. The molecule has 0 radical (unpaired) electrons. The fourth-order valence-corrected chi connectivity index (χ4v) is 3.52. The van der Waals surface area contributed by atoms with Crippen molar-refractivity contribution in [3.8, 4) is 0 Å². The Hall–Kier alpha value is -1.45. The SMILES string of the molecule is Cc1ccc([S@](=O)[C@@H](C)[C@@](C)(N)c2ccccc2)cc1. The highest BCUT2D eigenvalue weighted by Crippen LogP contribution is 2.27. The Balaban J connectivity index is 2.28.